The molecule has 1 atom stereocenters. The maximum atomic E-state index is 14.1. The van der Waals surface area contributed by atoms with Gasteiger partial charge >= 0.3 is 0 Å². The van der Waals surface area contributed by atoms with Gasteiger partial charge in [0.2, 0.25) is 5.91 Å². The fraction of sp³-hybridized carbons (Fsp3) is 0.320. The molecule has 0 radical (unpaired) electrons. The van der Waals surface area contributed by atoms with Crippen LogP contribution in [0.15, 0.2) is 53.9 Å². The van der Waals surface area contributed by atoms with E-state index in [0.29, 0.717) is 17.8 Å². The number of aryl methyl sites for hydroxylation is 1. The number of hydrogen-bond acceptors (Lipinski definition) is 6. The molecule has 0 bridgehead atoms. The summed E-state index contributed by atoms with van der Waals surface area (Å²) in [6.07, 6.45) is -0.493. The van der Waals surface area contributed by atoms with E-state index in [1.165, 1.54) is 22.3 Å². The summed E-state index contributed by atoms with van der Waals surface area (Å²) in [7, 11) is 1.60. The number of aromatic nitrogens is 1. The number of amides is 2. The van der Waals surface area contributed by atoms with Crippen LogP contribution in [0.25, 0.3) is 0 Å². The standard InChI is InChI=1S/C25H26FN3O4S/c1-17-27-23(16-34-17)25(31)29-13-21(33-15-19-5-3-4-6-22(19)26)12-28(24(30)14-29)11-18-7-9-20(32-2)10-8-18/h3-10,16,21H,11-15H2,1-2H3/t21-/m1/s1. The first kappa shape index (κ1) is 23.8. The number of carbonyl (C=O) groups excluding carboxylic acids is 2. The first-order chi connectivity index (χ1) is 16.4. The average Bonchev–Trinajstić information content (AvgIpc) is 3.21. The van der Waals surface area contributed by atoms with Crippen molar-refractivity contribution in [3.8, 4) is 5.75 Å². The number of ether oxygens (including phenoxy) is 2. The van der Waals surface area contributed by atoms with E-state index in [0.717, 1.165) is 16.3 Å². The van der Waals surface area contributed by atoms with Gasteiger partial charge in [0, 0.05) is 30.6 Å². The summed E-state index contributed by atoms with van der Waals surface area (Å²) in [5.41, 5.74) is 1.66. The molecule has 0 saturated carbocycles. The van der Waals surface area contributed by atoms with E-state index < -0.39 is 6.10 Å². The Morgan fingerprint density at radius 2 is 1.94 bits per heavy atom. The first-order valence-corrected chi connectivity index (χ1v) is 11.8. The Kier molecular flexibility index (Phi) is 7.54. The number of nitrogens with zero attached hydrogens (tertiary/aromatic N) is 3. The van der Waals surface area contributed by atoms with Crippen LogP contribution < -0.4 is 4.74 Å². The monoisotopic (exact) mass is 483 g/mol. The number of halogens is 1. The summed E-state index contributed by atoms with van der Waals surface area (Å²) in [5, 5.41) is 2.47. The van der Waals surface area contributed by atoms with Crippen molar-refractivity contribution in [3.05, 3.63) is 81.6 Å². The minimum atomic E-state index is -0.493. The molecule has 2 heterocycles. The highest BCUT2D eigenvalue weighted by molar-refractivity contribution is 7.09. The first-order valence-electron chi connectivity index (χ1n) is 10.9. The zero-order chi connectivity index (χ0) is 24.1. The third kappa shape index (κ3) is 5.78. The van der Waals surface area contributed by atoms with E-state index in [1.807, 2.05) is 31.2 Å². The molecule has 178 valence electrons. The number of hydrogen-bond donors (Lipinski definition) is 0. The molecule has 7 nitrogen and oxygen atoms in total. The van der Waals surface area contributed by atoms with Gasteiger partial charge in [-0.25, -0.2) is 9.37 Å². The Balaban J connectivity index is 1.53. The Morgan fingerprint density at radius 3 is 2.62 bits per heavy atom. The number of rotatable bonds is 7. The van der Waals surface area contributed by atoms with Gasteiger partial charge in [0.05, 0.1) is 24.8 Å². The van der Waals surface area contributed by atoms with Crippen LogP contribution in [0, 0.1) is 12.7 Å². The summed E-state index contributed by atoms with van der Waals surface area (Å²) in [6, 6.07) is 13.9. The molecule has 34 heavy (non-hydrogen) atoms. The van der Waals surface area contributed by atoms with Crippen molar-refractivity contribution in [2.24, 2.45) is 0 Å². The number of carbonyl (C=O) groups is 2. The van der Waals surface area contributed by atoms with E-state index >= 15 is 0 Å². The Hall–Kier alpha value is -3.30. The zero-order valence-electron chi connectivity index (χ0n) is 19.1. The van der Waals surface area contributed by atoms with Gasteiger partial charge in [0.15, 0.2) is 0 Å². The zero-order valence-corrected chi connectivity index (χ0v) is 19.9. The number of benzene rings is 2. The van der Waals surface area contributed by atoms with Gasteiger partial charge < -0.3 is 19.3 Å². The lowest BCUT2D eigenvalue weighted by molar-refractivity contribution is -0.132. The fourth-order valence-corrected chi connectivity index (χ4v) is 4.38. The van der Waals surface area contributed by atoms with Crippen molar-refractivity contribution in [3.63, 3.8) is 0 Å². The number of methoxy groups -OCH3 is 1. The van der Waals surface area contributed by atoms with Crippen LogP contribution in [0.1, 0.15) is 26.6 Å². The van der Waals surface area contributed by atoms with Crippen LogP contribution in [0.5, 0.6) is 5.75 Å². The molecule has 1 aromatic heterocycles. The molecule has 0 aliphatic carbocycles. The highest BCUT2D eigenvalue weighted by Crippen LogP contribution is 2.19. The van der Waals surface area contributed by atoms with Gasteiger partial charge in [0.25, 0.3) is 5.91 Å². The SMILES string of the molecule is COc1ccc(CN2C[C@@H](OCc3ccccc3F)CN(C(=O)c3csc(C)n3)CC2=O)cc1. The van der Waals surface area contributed by atoms with Crippen LogP contribution in [-0.2, 0) is 22.7 Å². The minimum Gasteiger partial charge on any atom is -0.497 e. The van der Waals surface area contributed by atoms with Crippen molar-refractivity contribution in [1.82, 2.24) is 14.8 Å². The Morgan fingerprint density at radius 1 is 1.18 bits per heavy atom. The molecule has 1 aliphatic heterocycles. The van der Waals surface area contributed by atoms with Gasteiger partial charge in [0.1, 0.15) is 23.8 Å². The summed E-state index contributed by atoms with van der Waals surface area (Å²) in [5.74, 6) is -0.128. The van der Waals surface area contributed by atoms with Crippen molar-refractivity contribution >= 4 is 23.2 Å². The van der Waals surface area contributed by atoms with E-state index in [-0.39, 0.29) is 43.9 Å². The lowest BCUT2D eigenvalue weighted by Crippen LogP contribution is -2.39. The van der Waals surface area contributed by atoms with Crippen molar-refractivity contribution < 1.29 is 23.5 Å². The molecule has 0 spiro atoms. The predicted molar refractivity (Wildman–Crippen MR) is 126 cm³/mol. The second-order valence-corrected chi connectivity index (χ2v) is 9.15. The van der Waals surface area contributed by atoms with Gasteiger partial charge in [-0.05, 0) is 30.7 Å². The average molecular weight is 484 g/mol. The van der Waals surface area contributed by atoms with E-state index in [9.17, 15) is 14.0 Å². The highest BCUT2D eigenvalue weighted by Gasteiger charge is 2.32. The molecule has 0 N–H and O–H groups in total. The van der Waals surface area contributed by atoms with Crippen LogP contribution in [0.3, 0.4) is 0 Å². The quantitative estimate of drug-likeness (QED) is 0.513. The van der Waals surface area contributed by atoms with E-state index in [4.69, 9.17) is 9.47 Å². The summed E-state index contributed by atoms with van der Waals surface area (Å²) in [6.45, 7) is 2.63. The third-order valence-electron chi connectivity index (χ3n) is 5.62. The maximum Gasteiger partial charge on any atom is 0.273 e. The molecule has 1 aliphatic rings. The lowest BCUT2D eigenvalue weighted by Gasteiger charge is -2.25. The van der Waals surface area contributed by atoms with Crippen molar-refractivity contribution in [2.45, 2.75) is 26.2 Å². The highest BCUT2D eigenvalue weighted by atomic mass is 32.1. The van der Waals surface area contributed by atoms with Gasteiger partial charge in [-0.2, -0.15) is 0 Å². The topological polar surface area (TPSA) is 72.0 Å². The van der Waals surface area contributed by atoms with Crippen LogP contribution in [-0.4, -0.2) is 59.4 Å². The molecule has 4 rings (SSSR count). The Labute approximate surface area is 201 Å². The molecular formula is C25H26FN3O4S. The van der Waals surface area contributed by atoms with Gasteiger partial charge in [-0.15, -0.1) is 11.3 Å². The smallest absolute Gasteiger partial charge is 0.273 e. The molecule has 1 fully saturated rings. The predicted octanol–water partition coefficient (Wildman–Crippen LogP) is 3.67. The van der Waals surface area contributed by atoms with Gasteiger partial charge in [-0.1, -0.05) is 30.3 Å². The number of thiazole rings is 1. The molecule has 1 saturated heterocycles. The molecule has 3 aromatic rings. The van der Waals surface area contributed by atoms with Crippen molar-refractivity contribution in [1.29, 1.82) is 0 Å². The van der Waals surface area contributed by atoms with Crippen LogP contribution in [0.4, 0.5) is 4.39 Å². The summed E-state index contributed by atoms with van der Waals surface area (Å²) in [4.78, 5) is 33.6. The van der Waals surface area contributed by atoms with Crippen LogP contribution in [0.2, 0.25) is 0 Å². The fourth-order valence-electron chi connectivity index (χ4n) is 3.79. The third-order valence-corrected chi connectivity index (χ3v) is 6.39. The lowest BCUT2D eigenvalue weighted by atomic mass is 10.2. The molecule has 9 heteroatoms. The minimum absolute atomic E-state index is 0.0414. The normalized spacial score (nSPS) is 16.4. The summed E-state index contributed by atoms with van der Waals surface area (Å²) >= 11 is 1.38. The molecule has 2 aromatic carbocycles. The largest absolute Gasteiger partial charge is 0.497 e. The van der Waals surface area contributed by atoms with E-state index in [1.54, 1.807) is 35.6 Å². The van der Waals surface area contributed by atoms with Crippen molar-refractivity contribution in [2.75, 3.05) is 26.7 Å². The van der Waals surface area contributed by atoms with E-state index in [2.05, 4.69) is 4.98 Å². The molecule has 0 unspecified atom stereocenters. The summed E-state index contributed by atoms with van der Waals surface area (Å²) < 4.78 is 25.4. The second kappa shape index (κ2) is 10.8. The van der Waals surface area contributed by atoms with Gasteiger partial charge in [-0.3, -0.25) is 9.59 Å². The molecule has 2 amide bonds. The second-order valence-electron chi connectivity index (χ2n) is 8.08. The molecular weight excluding hydrogens is 457 g/mol. The van der Waals surface area contributed by atoms with Crippen LogP contribution >= 0.6 is 11.3 Å². The maximum absolute atomic E-state index is 14.1. The Bertz CT molecular complexity index is 1150.